The standard InChI is InChI=1S/C13H17N3/c1-2-16-11-13(10-15-16)9-14-8-12-6-4-3-5-7-12/h3-7,10-11,14H,2,8-9H2,1H3. The highest BCUT2D eigenvalue weighted by Gasteiger charge is 1.96. The lowest BCUT2D eigenvalue weighted by molar-refractivity contribution is 0.655. The number of hydrogen-bond donors (Lipinski definition) is 1. The Morgan fingerprint density at radius 1 is 1.12 bits per heavy atom. The number of nitrogens with one attached hydrogen (secondary N) is 1. The predicted molar refractivity (Wildman–Crippen MR) is 64.9 cm³/mol. The molecule has 0 saturated heterocycles. The van der Waals surface area contributed by atoms with E-state index in [9.17, 15) is 0 Å². The Balaban J connectivity index is 1.80. The maximum Gasteiger partial charge on any atom is 0.0534 e. The Kier molecular flexibility index (Phi) is 3.72. The molecule has 0 saturated carbocycles. The van der Waals surface area contributed by atoms with Crippen LogP contribution < -0.4 is 5.32 Å². The third kappa shape index (κ3) is 2.94. The van der Waals surface area contributed by atoms with Crippen LogP contribution in [0.15, 0.2) is 42.7 Å². The average molecular weight is 215 g/mol. The van der Waals surface area contributed by atoms with Gasteiger partial charge in [0.05, 0.1) is 6.20 Å². The Labute approximate surface area is 96.1 Å². The molecule has 16 heavy (non-hydrogen) atoms. The van der Waals surface area contributed by atoms with Crippen molar-refractivity contribution in [1.29, 1.82) is 0 Å². The molecule has 1 aromatic carbocycles. The summed E-state index contributed by atoms with van der Waals surface area (Å²) >= 11 is 0. The van der Waals surface area contributed by atoms with E-state index in [1.807, 2.05) is 16.9 Å². The van der Waals surface area contributed by atoms with E-state index < -0.39 is 0 Å². The maximum atomic E-state index is 4.24. The zero-order valence-electron chi connectivity index (χ0n) is 9.56. The van der Waals surface area contributed by atoms with Crippen molar-refractivity contribution >= 4 is 0 Å². The van der Waals surface area contributed by atoms with Crippen LogP contribution in [0.4, 0.5) is 0 Å². The van der Waals surface area contributed by atoms with Gasteiger partial charge < -0.3 is 5.32 Å². The molecule has 0 atom stereocenters. The van der Waals surface area contributed by atoms with Crippen LogP contribution in [0.5, 0.6) is 0 Å². The predicted octanol–water partition coefficient (Wildman–Crippen LogP) is 2.19. The minimum absolute atomic E-state index is 0.870. The van der Waals surface area contributed by atoms with Crippen LogP contribution >= 0.6 is 0 Å². The van der Waals surface area contributed by atoms with Crippen molar-refractivity contribution in [2.24, 2.45) is 0 Å². The van der Waals surface area contributed by atoms with Crippen molar-refractivity contribution in [2.45, 2.75) is 26.6 Å². The van der Waals surface area contributed by atoms with Crippen molar-refractivity contribution in [3.63, 3.8) is 0 Å². The summed E-state index contributed by atoms with van der Waals surface area (Å²) in [6.45, 7) is 4.79. The zero-order valence-corrected chi connectivity index (χ0v) is 9.56. The molecule has 2 rings (SSSR count). The molecule has 0 aliphatic carbocycles. The molecule has 84 valence electrons. The summed E-state index contributed by atoms with van der Waals surface area (Å²) < 4.78 is 1.94. The largest absolute Gasteiger partial charge is 0.309 e. The molecule has 0 radical (unpaired) electrons. The van der Waals surface area contributed by atoms with Crippen LogP contribution in [0.25, 0.3) is 0 Å². The molecule has 0 aliphatic heterocycles. The quantitative estimate of drug-likeness (QED) is 0.828. The van der Waals surface area contributed by atoms with Gasteiger partial charge in [0, 0.05) is 31.4 Å². The summed E-state index contributed by atoms with van der Waals surface area (Å²) in [6.07, 6.45) is 4.00. The monoisotopic (exact) mass is 215 g/mol. The lowest BCUT2D eigenvalue weighted by atomic mass is 10.2. The van der Waals surface area contributed by atoms with Crippen LogP contribution in [0.2, 0.25) is 0 Å². The number of rotatable bonds is 5. The van der Waals surface area contributed by atoms with E-state index in [1.165, 1.54) is 11.1 Å². The van der Waals surface area contributed by atoms with Crippen molar-refractivity contribution in [3.05, 3.63) is 53.9 Å². The lowest BCUT2D eigenvalue weighted by Crippen LogP contribution is -2.12. The molecule has 0 amide bonds. The summed E-state index contributed by atoms with van der Waals surface area (Å²) in [5, 5.41) is 7.64. The highest BCUT2D eigenvalue weighted by molar-refractivity contribution is 5.14. The summed E-state index contributed by atoms with van der Waals surface area (Å²) in [5.74, 6) is 0. The normalized spacial score (nSPS) is 10.6. The minimum atomic E-state index is 0.870. The van der Waals surface area contributed by atoms with Gasteiger partial charge in [-0.3, -0.25) is 4.68 Å². The SMILES string of the molecule is CCn1cc(CNCc2ccccc2)cn1. The van der Waals surface area contributed by atoms with Gasteiger partial charge in [0.2, 0.25) is 0 Å². The molecule has 3 nitrogen and oxygen atoms in total. The fraction of sp³-hybridized carbons (Fsp3) is 0.308. The van der Waals surface area contributed by atoms with Gasteiger partial charge in [0.25, 0.3) is 0 Å². The van der Waals surface area contributed by atoms with Gasteiger partial charge in [-0.15, -0.1) is 0 Å². The van der Waals surface area contributed by atoms with E-state index >= 15 is 0 Å². The number of nitrogens with zero attached hydrogens (tertiary/aromatic N) is 2. The van der Waals surface area contributed by atoms with Crippen molar-refractivity contribution in [2.75, 3.05) is 0 Å². The molecule has 0 spiro atoms. The lowest BCUT2D eigenvalue weighted by Gasteiger charge is -2.02. The average Bonchev–Trinajstić information content (AvgIpc) is 2.78. The smallest absolute Gasteiger partial charge is 0.0534 e. The molecule has 0 unspecified atom stereocenters. The summed E-state index contributed by atoms with van der Waals surface area (Å²) in [7, 11) is 0. The van der Waals surface area contributed by atoms with E-state index in [0.717, 1.165) is 19.6 Å². The van der Waals surface area contributed by atoms with E-state index in [-0.39, 0.29) is 0 Å². The van der Waals surface area contributed by atoms with Crippen LogP contribution in [0, 0.1) is 0 Å². The molecule has 1 aromatic heterocycles. The van der Waals surface area contributed by atoms with Gasteiger partial charge in [0.15, 0.2) is 0 Å². The second kappa shape index (κ2) is 5.47. The van der Waals surface area contributed by atoms with Gasteiger partial charge >= 0.3 is 0 Å². The number of hydrogen-bond acceptors (Lipinski definition) is 2. The Hall–Kier alpha value is -1.61. The first kappa shape index (κ1) is 10.9. The molecule has 2 aromatic rings. The molecule has 3 heteroatoms. The first-order valence-electron chi connectivity index (χ1n) is 5.64. The second-order valence-electron chi connectivity index (χ2n) is 3.79. The van der Waals surface area contributed by atoms with Crippen LogP contribution in [-0.2, 0) is 19.6 Å². The maximum absolute atomic E-state index is 4.24. The first-order chi connectivity index (χ1) is 7.88. The van der Waals surface area contributed by atoms with Crippen LogP contribution in [0.3, 0.4) is 0 Å². The Bertz CT molecular complexity index is 420. The molecular formula is C13H17N3. The number of aromatic nitrogens is 2. The van der Waals surface area contributed by atoms with E-state index in [0.29, 0.717) is 0 Å². The van der Waals surface area contributed by atoms with Gasteiger partial charge in [0.1, 0.15) is 0 Å². The molecule has 0 aliphatic rings. The molecule has 0 bridgehead atoms. The highest BCUT2D eigenvalue weighted by atomic mass is 15.3. The van der Waals surface area contributed by atoms with Gasteiger partial charge in [-0.2, -0.15) is 5.10 Å². The van der Waals surface area contributed by atoms with E-state index in [4.69, 9.17) is 0 Å². The van der Waals surface area contributed by atoms with E-state index in [1.54, 1.807) is 0 Å². The molecular weight excluding hydrogens is 198 g/mol. The molecule has 1 N–H and O–H groups in total. The first-order valence-corrected chi connectivity index (χ1v) is 5.64. The van der Waals surface area contributed by atoms with Crippen molar-refractivity contribution in [3.8, 4) is 0 Å². The Morgan fingerprint density at radius 2 is 1.88 bits per heavy atom. The summed E-state index contributed by atoms with van der Waals surface area (Å²) in [6, 6.07) is 10.4. The molecule has 0 fully saturated rings. The van der Waals surface area contributed by atoms with Gasteiger partial charge in [-0.1, -0.05) is 30.3 Å². The number of benzene rings is 1. The number of aryl methyl sites for hydroxylation is 1. The van der Waals surface area contributed by atoms with E-state index in [2.05, 4.69) is 47.8 Å². The highest BCUT2D eigenvalue weighted by Crippen LogP contribution is 2.00. The topological polar surface area (TPSA) is 29.9 Å². The minimum Gasteiger partial charge on any atom is -0.309 e. The van der Waals surface area contributed by atoms with Crippen LogP contribution in [0.1, 0.15) is 18.1 Å². The fourth-order valence-corrected chi connectivity index (χ4v) is 1.62. The van der Waals surface area contributed by atoms with Crippen molar-refractivity contribution < 1.29 is 0 Å². The summed E-state index contributed by atoms with van der Waals surface area (Å²) in [4.78, 5) is 0. The third-order valence-electron chi connectivity index (χ3n) is 2.51. The van der Waals surface area contributed by atoms with Gasteiger partial charge in [-0.25, -0.2) is 0 Å². The van der Waals surface area contributed by atoms with Crippen molar-refractivity contribution in [1.82, 2.24) is 15.1 Å². The Morgan fingerprint density at radius 3 is 2.56 bits per heavy atom. The third-order valence-corrected chi connectivity index (χ3v) is 2.51. The zero-order chi connectivity index (χ0) is 11.2. The summed E-state index contributed by atoms with van der Waals surface area (Å²) in [5.41, 5.74) is 2.54. The van der Waals surface area contributed by atoms with Crippen LogP contribution in [-0.4, -0.2) is 9.78 Å². The molecule has 1 heterocycles. The second-order valence-corrected chi connectivity index (χ2v) is 3.79. The van der Waals surface area contributed by atoms with Gasteiger partial charge in [-0.05, 0) is 12.5 Å². The fourth-order valence-electron chi connectivity index (χ4n) is 1.62.